The summed E-state index contributed by atoms with van der Waals surface area (Å²) in [5.41, 5.74) is 7.70. The lowest BCUT2D eigenvalue weighted by molar-refractivity contribution is -0.157. The largest absolute Gasteiger partial charge is 0.370 e. The number of piperidine rings is 1. The number of carbonyl (C=O) groups excluding carboxylic acids is 4. The first-order valence-electron chi connectivity index (χ1n) is 15.9. The standard InChI is InChI=1S/C34H40ClN7O4S/c35-26-12-10-23(11-13-26)8-4-15-40-22-30(44)42(28(33(40)46)19-24-6-2-1-3-7-24)21-29(43)39-27(31(45)32-38-14-17-47-32)18-25-9-5-16-41(20-25)34(36)37/h1-3,6-7,10-14,17,25,27-28H,4-5,8-9,15-16,18-22H2,(H3,36,37)(H,39,43)/t25-,27-,28+/m0/s1. The van der Waals surface area contributed by atoms with Crippen molar-refractivity contribution in [1.82, 2.24) is 25.0 Å². The molecule has 2 aliphatic rings. The van der Waals surface area contributed by atoms with Gasteiger partial charge in [0, 0.05) is 42.7 Å². The number of benzene rings is 2. The fourth-order valence-electron chi connectivity index (χ4n) is 6.33. The fraction of sp³-hybridized carbons (Fsp3) is 0.412. The summed E-state index contributed by atoms with van der Waals surface area (Å²) in [6, 6.07) is 15.2. The molecule has 3 atom stereocenters. The normalized spacial score (nSPS) is 19.0. The molecule has 0 radical (unpaired) electrons. The minimum Gasteiger partial charge on any atom is -0.370 e. The van der Waals surface area contributed by atoms with E-state index in [1.807, 2.05) is 54.6 Å². The van der Waals surface area contributed by atoms with E-state index in [0.29, 0.717) is 37.5 Å². The molecule has 3 heterocycles. The molecule has 2 aliphatic heterocycles. The summed E-state index contributed by atoms with van der Waals surface area (Å²) in [6.45, 7) is 1.12. The summed E-state index contributed by atoms with van der Waals surface area (Å²) in [6.07, 6.45) is 5.19. The van der Waals surface area contributed by atoms with Gasteiger partial charge in [-0.3, -0.25) is 24.6 Å². The Morgan fingerprint density at radius 2 is 1.87 bits per heavy atom. The van der Waals surface area contributed by atoms with E-state index in [1.165, 1.54) is 16.2 Å². The maximum Gasteiger partial charge on any atom is 0.246 e. The Labute approximate surface area is 283 Å². The Bertz CT molecular complexity index is 1550. The number of Topliss-reactive ketones (excluding diaryl/α,β-unsaturated/α-hetero) is 1. The number of ketones is 1. The summed E-state index contributed by atoms with van der Waals surface area (Å²) >= 11 is 7.21. The van der Waals surface area contributed by atoms with Gasteiger partial charge in [0.15, 0.2) is 11.0 Å². The van der Waals surface area contributed by atoms with Gasteiger partial charge in [-0.2, -0.15) is 0 Å². The monoisotopic (exact) mass is 677 g/mol. The summed E-state index contributed by atoms with van der Waals surface area (Å²) in [5.74, 6) is -1.35. The molecule has 2 aromatic carbocycles. The Morgan fingerprint density at radius 1 is 1.11 bits per heavy atom. The van der Waals surface area contributed by atoms with Crippen molar-refractivity contribution in [1.29, 1.82) is 5.41 Å². The van der Waals surface area contributed by atoms with Crippen molar-refractivity contribution >= 4 is 52.4 Å². The zero-order valence-corrected chi connectivity index (χ0v) is 27.7. The average molecular weight is 678 g/mol. The van der Waals surface area contributed by atoms with Crippen LogP contribution in [0.3, 0.4) is 0 Å². The highest BCUT2D eigenvalue weighted by Gasteiger charge is 2.40. The van der Waals surface area contributed by atoms with E-state index in [0.717, 1.165) is 30.4 Å². The summed E-state index contributed by atoms with van der Waals surface area (Å²) in [4.78, 5) is 63.5. The third kappa shape index (κ3) is 9.17. The number of aromatic nitrogens is 1. The molecule has 0 unspecified atom stereocenters. The number of carbonyl (C=O) groups is 4. The first kappa shape index (κ1) is 34.1. The Hall–Kier alpha value is -4.29. The van der Waals surface area contributed by atoms with Crippen LogP contribution >= 0.6 is 22.9 Å². The zero-order valence-electron chi connectivity index (χ0n) is 26.1. The SMILES string of the molecule is N=C(N)N1CCC[C@@H](C[C@H](NC(=O)CN2C(=O)CN(CCCc3ccc(Cl)cc3)C(=O)[C@H]2Cc2ccccc2)C(=O)c2nccs2)C1. The number of halogens is 1. The molecule has 248 valence electrons. The van der Waals surface area contributed by atoms with Crippen LogP contribution in [0, 0.1) is 11.3 Å². The molecule has 1 aromatic heterocycles. The average Bonchev–Trinajstić information content (AvgIpc) is 3.61. The maximum atomic E-state index is 13.9. The lowest BCUT2D eigenvalue weighted by Gasteiger charge is -2.40. The van der Waals surface area contributed by atoms with Crippen LogP contribution in [0.5, 0.6) is 0 Å². The topological polar surface area (TPSA) is 153 Å². The first-order valence-corrected chi connectivity index (χ1v) is 17.1. The molecule has 11 nitrogen and oxygen atoms in total. The highest BCUT2D eigenvalue weighted by molar-refractivity contribution is 7.11. The Kier molecular flexibility index (Phi) is 11.6. The van der Waals surface area contributed by atoms with Crippen molar-refractivity contribution in [2.45, 2.75) is 50.6 Å². The lowest BCUT2D eigenvalue weighted by atomic mass is 9.90. The Morgan fingerprint density at radius 3 is 2.57 bits per heavy atom. The van der Waals surface area contributed by atoms with Gasteiger partial charge < -0.3 is 25.8 Å². The molecule has 3 aromatic rings. The number of thiazole rings is 1. The summed E-state index contributed by atoms with van der Waals surface area (Å²) in [5, 5.41) is 13.4. The van der Waals surface area contributed by atoms with Crippen molar-refractivity contribution in [2.24, 2.45) is 11.7 Å². The lowest BCUT2D eigenvalue weighted by Crippen LogP contribution is -2.62. The molecule has 3 amide bonds. The predicted molar refractivity (Wildman–Crippen MR) is 181 cm³/mol. The van der Waals surface area contributed by atoms with Crippen molar-refractivity contribution in [3.05, 3.63) is 87.3 Å². The highest BCUT2D eigenvalue weighted by Crippen LogP contribution is 2.24. The van der Waals surface area contributed by atoms with Gasteiger partial charge in [0.25, 0.3) is 0 Å². The number of hydrogen-bond donors (Lipinski definition) is 3. The van der Waals surface area contributed by atoms with Crippen LogP contribution in [-0.2, 0) is 27.2 Å². The molecule has 0 bridgehead atoms. The predicted octanol–water partition coefficient (Wildman–Crippen LogP) is 3.37. The number of nitrogens with zero attached hydrogens (tertiary/aromatic N) is 4. The van der Waals surface area contributed by atoms with Crippen LogP contribution in [0.15, 0.2) is 66.2 Å². The van der Waals surface area contributed by atoms with E-state index in [1.54, 1.807) is 21.4 Å². The van der Waals surface area contributed by atoms with Gasteiger partial charge in [-0.25, -0.2) is 4.98 Å². The van der Waals surface area contributed by atoms with Crippen molar-refractivity contribution in [3.63, 3.8) is 0 Å². The van der Waals surface area contributed by atoms with Gasteiger partial charge in [0.2, 0.25) is 23.5 Å². The van der Waals surface area contributed by atoms with Crippen LogP contribution in [0.4, 0.5) is 0 Å². The molecule has 0 saturated carbocycles. The summed E-state index contributed by atoms with van der Waals surface area (Å²) < 4.78 is 0. The van der Waals surface area contributed by atoms with E-state index in [2.05, 4.69) is 10.3 Å². The van der Waals surface area contributed by atoms with E-state index in [-0.39, 0.29) is 54.0 Å². The van der Waals surface area contributed by atoms with Gasteiger partial charge in [-0.05, 0) is 61.3 Å². The quantitative estimate of drug-likeness (QED) is 0.142. The number of rotatable bonds is 13. The van der Waals surface area contributed by atoms with Gasteiger partial charge in [0.05, 0.1) is 12.6 Å². The van der Waals surface area contributed by atoms with Crippen molar-refractivity contribution < 1.29 is 19.2 Å². The first-order chi connectivity index (χ1) is 22.7. The molecule has 13 heteroatoms. The minimum atomic E-state index is -0.877. The molecule has 2 fully saturated rings. The van der Waals surface area contributed by atoms with Crippen molar-refractivity contribution in [3.8, 4) is 0 Å². The van der Waals surface area contributed by atoms with Crippen molar-refractivity contribution in [2.75, 3.05) is 32.7 Å². The number of aryl methyl sites for hydroxylation is 1. The van der Waals surface area contributed by atoms with E-state index in [9.17, 15) is 19.2 Å². The third-order valence-corrected chi connectivity index (χ3v) is 9.78. The summed E-state index contributed by atoms with van der Waals surface area (Å²) in [7, 11) is 0. The number of amides is 3. The number of nitrogens with one attached hydrogen (secondary N) is 2. The molecule has 0 aliphatic carbocycles. The second-order valence-electron chi connectivity index (χ2n) is 12.1. The van der Waals surface area contributed by atoms with Crippen LogP contribution < -0.4 is 11.1 Å². The number of nitrogens with two attached hydrogens (primary N) is 1. The van der Waals surface area contributed by atoms with E-state index >= 15 is 0 Å². The minimum absolute atomic E-state index is 0.0155. The van der Waals surface area contributed by atoms with Gasteiger partial charge >= 0.3 is 0 Å². The van der Waals surface area contributed by atoms with Crippen LogP contribution in [0.2, 0.25) is 5.02 Å². The molecule has 5 rings (SSSR count). The van der Waals surface area contributed by atoms with Gasteiger partial charge in [-0.15, -0.1) is 11.3 Å². The molecule has 0 spiro atoms. The number of piperazine rings is 1. The van der Waals surface area contributed by atoms with Crippen LogP contribution in [0.1, 0.15) is 46.6 Å². The van der Waals surface area contributed by atoms with Crippen LogP contribution in [0.25, 0.3) is 0 Å². The number of hydrogen-bond acceptors (Lipinski definition) is 7. The molecular weight excluding hydrogens is 638 g/mol. The number of guanidine groups is 1. The number of likely N-dealkylation sites (tertiary alicyclic amines) is 1. The fourth-order valence-corrected chi connectivity index (χ4v) is 7.08. The second kappa shape index (κ2) is 16.0. The second-order valence-corrected chi connectivity index (χ2v) is 13.4. The van der Waals surface area contributed by atoms with Gasteiger partial charge in [-0.1, -0.05) is 54.1 Å². The molecule has 2 saturated heterocycles. The molecular formula is C34H40ClN7O4S. The smallest absolute Gasteiger partial charge is 0.246 e. The third-order valence-electron chi connectivity index (χ3n) is 8.74. The van der Waals surface area contributed by atoms with E-state index < -0.39 is 18.0 Å². The highest BCUT2D eigenvalue weighted by atomic mass is 35.5. The van der Waals surface area contributed by atoms with Gasteiger partial charge in [0.1, 0.15) is 12.6 Å². The maximum absolute atomic E-state index is 13.9. The zero-order chi connectivity index (χ0) is 33.3. The Balaban J connectivity index is 1.29. The van der Waals surface area contributed by atoms with E-state index in [4.69, 9.17) is 22.7 Å². The molecule has 47 heavy (non-hydrogen) atoms. The molecule has 4 N–H and O–H groups in total. The van der Waals surface area contributed by atoms with Crippen LogP contribution in [-0.4, -0.2) is 94.0 Å².